The summed E-state index contributed by atoms with van der Waals surface area (Å²) in [5.41, 5.74) is 0.442. The van der Waals surface area contributed by atoms with Crippen LogP contribution in [0.1, 0.15) is 5.56 Å². The number of halogens is 2. The molecule has 0 saturated carbocycles. The monoisotopic (exact) mass is 372 g/mol. The van der Waals surface area contributed by atoms with Crippen LogP contribution in [0, 0.1) is 0 Å². The minimum absolute atomic E-state index is 0.141. The van der Waals surface area contributed by atoms with Crippen molar-refractivity contribution in [1.29, 1.82) is 0 Å². The van der Waals surface area contributed by atoms with Gasteiger partial charge in [0.15, 0.2) is 0 Å². The molecule has 2 aliphatic rings. The number of benzene rings is 1. The molecule has 0 atom stereocenters. The van der Waals surface area contributed by atoms with Crippen molar-refractivity contribution in [2.24, 2.45) is 4.99 Å². The molecule has 2 heterocycles. The van der Waals surface area contributed by atoms with Gasteiger partial charge in [-0.05, 0) is 12.1 Å². The van der Waals surface area contributed by atoms with Crippen LogP contribution < -0.4 is 4.72 Å². The van der Waals surface area contributed by atoms with Crippen molar-refractivity contribution in [2.45, 2.75) is 11.3 Å². The molecule has 1 N–H and O–H groups in total. The van der Waals surface area contributed by atoms with Crippen LogP contribution in [0.15, 0.2) is 34.2 Å². The van der Waals surface area contributed by atoms with Gasteiger partial charge in [-0.15, -0.1) is 0 Å². The number of aliphatic imine (C=N–C) groups is 1. The first kappa shape index (κ1) is 17.7. The van der Waals surface area contributed by atoms with Gasteiger partial charge in [-0.2, -0.15) is 0 Å². The highest BCUT2D eigenvalue weighted by Crippen LogP contribution is 2.22. The number of hydrogen-bond donors (Lipinski definition) is 1. The first-order chi connectivity index (χ1) is 11.9. The summed E-state index contributed by atoms with van der Waals surface area (Å²) in [5.74, 6) is -0.104. The maximum Gasteiger partial charge on any atom is 0.263 e. The quantitative estimate of drug-likeness (QED) is 0.815. The maximum atomic E-state index is 12.4. The molecule has 1 aromatic carbocycles. The summed E-state index contributed by atoms with van der Waals surface area (Å²) in [4.78, 5) is 19.6. The minimum Gasteiger partial charge on any atom is -0.339 e. The zero-order chi connectivity index (χ0) is 18.0. The van der Waals surface area contributed by atoms with Gasteiger partial charge in [0, 0.05) is 31.7 Å². The molecule has 7 nitrogen and oxygen atoms in total. The van der Waals surface area contributed by atoms with E-state index in [-0.39, 0.29) is 29.7 Å². The van der Waals surface area contributed by atoms with Crippen molar-refractivity contribution in [3.05, 3.63) is 29.8 Å². The van der Waals surface area contributed by atoms with Gasteiger partial charge in [0.1, 0.15) is 12.4 Å². The minimum atomic E-state index is -3.63. The second kappa shape index (κ2) is 7.04. The zero-order valence-corrected chi connectivity index (χ0v) is 14.2. The van der Waals surface area contributed by atoms with Gasteiger partial charge < -0.3 is 4.90 Å². The molecule has 0 radical (unpaired) electrons. The third-order valence-corrected chi connectivity index (χ3v) is 5.55. The van der Waals surface area contributed by atoms with E-state index in [0.29, 0.717) is 31.7 Å². The Morgan fingerprint density at radius 1 is 1.20 bits per heavy atom. The van der Waals surface area contributed by atoms with Crippen molar-refractivity contribution in [1.82, 2.24) is 14.5 Å². The number of hydrogen-bond acceptors (Lipinski definition) is 5. The molecule has 1 aromatic rings. The predicted molar refractivity (Wildman–Crippen MR) is 87.2 cm³/mol. The van der Waals surface area contributed by atoms with Gasteiger partial charge in [0.25, 0.3) is 16.4 Å². The number of amidine groups is 1. The fraction of sp³-hybridized carbons (Fsp3) is 0.467. The van der Waals surface area contributed by atoms with Crippen LogP contribution in [0.3, 0.4) is 0 Å². The molecule has 2 aliphatic heterocycles. The second-order valence-corrected chi connectivity index (χ2v) is 7.49. The first-order valence-electron chi connectivity index (χ1n) is 7.82. The number of piperazine rings is 1. The van der Waals surface area contributed by atoms with Crippen LogP contribution in [0.25, 0.3) is 0 Å². The number of fused-ring (bicyclic) bond motifs is 1. The third kappa shape index (κ3) is 3.96. The van der Waals surface area contributed by atoms with Crippen molar-refractivity contribution in [3.63, 3.8) is 0 Å². The summed E-state index contributed by atoms with van der Waals surface area (Å²) in [6.07, 6.45) is -2.39. The Hall–Kier alpha value is -2.07. The maximum absolute atomic E-state index is 12.4. The molecule has 0 aromatic heterocycles. The van der Waals surface area contributed by atoms with E-state index in [2.05, 4.69) is 9.71 Å². The van der Waals surface area contributed by atoms with Crippen molar-refractivity contribution in [3.8, 4) is 0 Å². The second-order valence-electron chi connectivity index (χ2n) is 5.84. The Balaban J connectivity index is 1.61. The highest BCUT2D eigenvalue weighted by atomic mass is 32.2. The predicted octanol–water partition coefficient (Wildman–Crippen LogP) is 0.134. The highest BCUT2D eigenvalue weighted by molar-refractivity contribution is 7.90. The number of sulfonamides is 1. The van der Waals surface area contributed by atoms with Crippen LogP contribution in [0.2, 0.25) is 0 Å². The van der Waals surface area contributed by atoms with E-state index in [0.717, 1.165) is 0 Å². The lowest BCUT2D eigenvalue weighted by Crippen LogP contribution is -2.50. The molecule has 0 unspecified atom stereocenters. The Morgan fingerprint density at radius 2 is 1.88 bits per heavy atom. The molecule has 0 aliphatic carbocycles. The molecule has 3 rings (SSSR count). The Bertz CT molecular complexity index is 790. The summed E-state index contributed by atoms with van der Waals surface area (Å²) in [6.45, 7) is 1.02. The van der Waals surface area contributed by atoms with Crippen LogP contribution in [0.5, 0.6) is 0 Å². The van der Waals surface area contributed by atoms with Crippen LogP contribution in [0.4, 0.5) is 8.78 Å². The summed E-state index contributed by atoms with van der Waals surface area (Å²) >= 11 is 0. The van der Waals surface area contributed by atoms with E-state index in [1.165, 1.54) is 6.07 Å². The molecular formula is C15H18F2N4O3S. The zero-order valence-electron chi connectivity index (χ0n) is 13.4. The van der Waals surface area contributed by atoms with E-state index >= 15 is 0 Å². The van der Waals surface area contributed by atoms with E-state index in [1.807, 2.05) is 0 Å². The number of amides is 1. The topological polar surface area (TPSA) is 82.1 Å². The lowest BCUT2D eigenvalue weighted by Gasteiger charge is -2.34. The largest absolute Gasteiger partial charge is 0.339 e. The fourth-order valence-electron chi connectivity index (χ4n) is 2.87. The molecular weight excluding hydrogens is 354 g/mol. The van der Waals surface area contributed by atoms with E-state index in [1.54, 1.807) is 28.0 Å². The number of rotatable bonds is 4. The van der Waals surface area contributed by atoms with Crippen molar-refractivity contribution in [2.75, 3.05) is 39.3 Å². The van der Waals surface area contributed by atoms with Crippen LogP contribution in [-0.4, -0.2) is 75.7 Å². The normalized spacial score (nSPS) is 21.4. The number of carbonyl (C=O) groups excluding carboxylic acids is 1. The summed E-state index contributed by atoms with van der Waals surface area (Å²) in [7, 11) is -3.63. The molecule has 1 amide bonds. The number of nitrogens with zero attached hydrogens (tertiary/aromatic N) is 3. The summed E-state index contributed by atoms with van der Waals surface area (Å²) in [6, 6.07) is 6.41. The summed E-state index contributed by atoms with van der Waals surface area (Å²) in [5, 5.41) is 0. The molecule has 0 spiro atoms. The van der Waals surface area contributed by atoms with Crippen LogP contribution in [-0.2, 0) is 14.8 Å². The van der Waals surface area contributed by atoms with Gasteiger partial charge in [-0.25, -0.2) is 17.2 Å². The van der Waals surface area contributed by atoms with Gasteiger partial charge in [-0.3, -0.25) is 19.4 Å². The first-order valence-corrected chi connectivity index (χ1v) is 9.30. The van der Waals surface area contributed by atoms with Crippen LogP contribution >= 0.6 is 0 Å². The van der Waals surface area contributed by atoms with E-state index < -0.39 is 16.4 Å². The number of alkyl halides is 2. The summed E-state index contributed by atoms with van der Waals surface area (Å²) < 4.78 is 51.0. The van der Waals surface area contributed by atoms with Gasteiger partial charge in [0.05, 0.1) is 11.4 Å². The van der Waals surface area contributed by atoms with Gasteiger partial charge >= 0.3 is 0 Å². The molecule has 0 bridgehead atoms. The van der Waals surface area contributed by atoms with Gasteiger partial charge in [-0.1, -0.05) is 12.1 Å². The van der Waals surface area contributed by atoms with Crippen molar-refractivity contribution < 1.29 is 22.0 Å². The number of carbonyl (C=O) groups is 1. The SMILES string of the molecule is O=C(CN=C1NS(=O)(=O)c2ccccc21)N1CCN(CC(F)F)CC1. The smallest absolute Gasteiger partial charge is 0.263 e. The molecule has 1 fully saturated rings. The molecule has 10 heteroatoms. The van der Waals surface area contributed by atoms with Gasteiger partial charge in [0.2, 0.25) is 5.91 Å². The Morgan fingerprint density at radius 3 is 2.56 bits per heavy atom. The highest BCUT2D eigenvalue weighted by Gasteiger charge is 2.30. The lowest BCUT2D eigenvalue weighted by atomic mass is 10.2. The molecule has 1 saturated heterocycles. The fourth-order valence-corrected chi connectivity index (χ4v) is 4.12. The Labute approximate surface area is 144 Å². The lowest BCUT2D eigenvalue weighted by molar-refractivity contribution is -0.131. The van der Waals surface area contributed by atoms with E-state index in [4.69, 9.17) is 0 Å². The standard InChI is InChI=1S/C15H18F2N4O3S/c16-13(17)10-20-5-7-21(8-6-20)14(22)9-18-15-11-3-1-2-4-12(11)25(23,24)19-15/h1-4,13H,5-10H2,(H,18,19). The molecule has 136 valence electrons. The molecule has 25 heavy (non-hydrogen) atoms. The van der Waals surface area contributed by atoms with Crippen molar-refractivity contribution >= 4 is 21.8 Å². The average Bonchev–Trinajstić information content (AvgIpc) is 2.84. The number of nitrogens with one attached hydrogen (secondary N) is 1. The Kier molecular flexibility index (Phi) is 5.00. The third-order valence-electron chi connectivity index (χ3n) is 4.16. The van der Waals surface area contributed by atoms with E-state index in [9.17, 15) is 22.0 Å². The average molecular weight is 372 g/mol.